The molecule has 2 aromatic rings. The van der Waals surface area contributed by atoms with Crippen LogP contribution in [0.5, 0.6) is 11.5 Å². The predicted molar refractivity (Wildman–Crippen MR) is 119 cm³/mol. The van der Waals surface area contributed by atoms with Gasteiger partial charge in [0.2, 0.25) is 12.7 Å². The average molecular weight is 429 g/mol. The van der Waals surface area contributed by atoms with E-state index in [4.69, 9.17) is 21.1 Å². The third kappa shape index (κ3) is 4.73. The molecular formula is C24H29ClN2O3. The summed E-state index contributed by atoms with van der Waals surface area (Å²) >= 11 is 6.05. The van der Waals surface area contributed by atoms with Gasteiger partial charge in [-0.25, -0.2) is 0 Å². The summed E-state index contributed by atoms with van der Waals surface area (Å²) in [4.78, 5) is 15.2. The number of nitrogens with one attached hydrogen (secondary N) is 1. The summed E-state index contributed by atoms with van der Waals surface area (Å²) in [7, 11) is 0. The van der Waals surface area contributed by atoms with Gasteiger partial charge in [0, 0.05) is 29.2 Å². The van der Waals surface area contributed by atoms with Crippen molar-refractivity contribution in [1.82, 2.24) is 5.32 Å². The van der Waals surface area contributed by atoms with E-state index >= 15 is 0 Å². The van der Waals surface area contributed by atoms with Crippen LogP contribution in [-0.4, -0.2) is 31.8 Å². The number of hydrogen-bond acceptors (Lipinski definition) is 4. The van der Waals surface area contributed by atoms with Crippen molar-refractivity contribution in [2.24, 2.45) is 5.92 Å². The molecule has 1 atom stereocenters. The maximum atomic E-state index is 13.2. The van der Waals surface area contributed by atoms with Crippen LogP contribution in [-0.2, 0) is 11.2 Å². The van der Waals surface area contributed by atoms with Gasteiger partial charge in [-0.2, -0.15) is 0 Å². The van der Waals surface area contributed by atoms with Gasteiger partial charge in [-0.3, -0.25) is 4.79 Å². The maximum Gasteiger partial charge on any atom is 0.231 e. The molecule has 0 bridgehead atoms. The third-order valence-electron chi connectivity index (χ3n) is 6.11. The van der Waals surface area contributed by atoms with Gasteiger partial charge in [-0.1, -0.05) is 30.7 Å². The number of rotatable bonds is 7. The maximum absolute atomic E-state index is 13.2. The first kappa shape index (κ1) is 21.0. The first-order valence-electron chi connectivity index (χ1n) is 10.8. The molecule has 2 heterocycles. The molecule has 0 aliphatic carbocycles. The minimum atomic E-state index is 0.135. The highest BCUT2D eigenvalue weighted by molar-refractivity contribution is 6.30. The zero-order valence-corrected chi connectivity index (χ0v) is 18.2. The lowest BCUT2D eigenvalue weighted by Gasteiger charge is -2.39. The Balaban J connectivity index is 1.63. The van der Waals surface area contributed by atoms with Gasteiger partial charge in [-0.05, 0) is 74.5 Å². The number of carbonyl (C=O) groups excluding carboxylic acids is 1. The number of halogens is 1. The number of ether oxygens (including phenoxy) is 2. The summed E-state index contributed by atoms with van der Waals surface area (Å²) in [6.45, 7) is 4.16. The average Bonchev–Trinajstić information content (AvgIpc) is 3.26. The van der Waals surface area contributed by atoms with Gasteiger partial charge in [0.25, 0.3) is 0 Å². The molecule has 4 rings (SSSR count). The standard InChI is InChI=1S/C24H29ClN2O3/c1-2-24(28)27(20-8-10-22-23(15-20)30-16-29-22)21(18-11-13-26-14-12-18)9-5-17-3-6-19(25)7-4-17/h3-4,6-8,10,15,18,21,26H,2,5,9,11-14,16H2,1H3. The molecule has 0 spiro atoms. The molecule has 1 fully saturated rings. The van der Waals surface area contributed by atoms with Gasteiger partial charge in [0.1, 0.15) is 0 Å². The van der Waals surface area contributed by atoms with E-state index in [0.717, 1.165) is 55.2 Å². The SMILES string of the molecule is CCC(=O)N(c1ccc2c(c1)OCO2)C(CCc1ccc(Cl)cc1)C1CCNCC1. The van der Waals surface area contributed by atoms with Crippen molar-refractivity contribution in [2.45, 2.75) is 45.1 Å². The fraction of sp³-hybridized carbons (Fsp3) is 0.458. The number of amides is 1. The van der Waals surface area contributed by atoms with Crippen molar-refractivity contribution in [2.75, 3.05) is 24.8 Å². The molecule has 2 aliphatic heterocycles. The molecular weight excluding hydrogens is 400 g/mol. The highest BCUT2D eigenvalue weighted by Crippen LogP contribution is 2.38. The summed E-state index contributed by atoms with van der Waals surface area (Å²) in [6.07, 6.45) is 4.43. The number of aryl methyl sites for hydroxylation is 1. The van der Waals surface area contributed by atoms with E-state index in [-0.39, 0.29) is 18.7 Å². The van der Waals surface area contributed by atoms with Gasteiger partial charge in [0.05, 0.1) is 0 Å². The van der Waals surface area contributed by atoms with Crippen LogP contribution in [0.3, 0.4) is 0 Å². The zero-order chi connectivity index (χ0) is 20.9. The first-order chi connectivity index (χ1) is 14.7. The van der Waals surface area contributed by atoms with E-state index in [2.05, 4.69) is 17.4 Å². The Morgan fingerprint density at radius 3 is 2.60 bits per heavy atom. The number of fused-ring (bicyclic) bond motifs is 1. The molecule has 0 radical (unpaired) electrons. The number of benzene rings is 2. The fourth-order valence-electron chi connectivity index (χ4n) is 4.50. The second-order valence-electron chi connectivity index (χ2n) is 7.97. The molecule has 1 N–H and O–H groups in total. The summed E-state index contributed by atoms with van der Waals surface area (Å²) in [5.74, 6) is 2.05. The summed E-state index contributed by atoms with van der Waals surface area (Å²) in [5, 5.41) is 4.20. The molecule has 1 amide bonds. The Morgan fingerprint density at radius 2 is 1.87 bits per heavy atom. The molecule has 30 heavy (non-hydrogen) atoms. The second kappa shape index (κ2) is 9.71. The van der Waals surface area contributed by atoms with E-state index in [1.165, 1.54) is 5.56 Å². The van der Waals surface area contributed by atoms with Crippen molar-refractivity contribution in [1.29, 1.82) is 0 Å². The number of anilines is 1. The minimum absolute atomic E-state index is 0.135. The van der Waals surface area contributed by atoms with Crippen LogP contribution in [0.1, 0.15) is 38.2 Å². The van der Waals surface area contributed by atoms with Crippen LogP contribution in [0.4, 0.5) is 5.69 Å². The van der Waals surface area contributed by atoms with E-state index in [9.17, 15) is 4.79 Å². The van der Waals surface area contributed by atoms with E-state index in [0.29, 0.717) is 18.1 Å². The van der Waals surface area contributed by atoms with E-state index in [1.54, 1.807) is 0 Å². The smallest absolute Gasteiger partial charge is 0.231 e. The summed E-state index contributed by atoms with van der Waals surface area (Å²) < 4.78 is 11.1. The first-order valence-corrected chi connectivity index (χ1v) is 11.2. The summed E-state index contributed by atoms with van der Waals surface area (Å²) in [6, 6.07) is 14.0. The van der Waals surface area contributed by atoms with Crippen LogP contribution in [0.2, 0.25) is 5.02 Å². The molecule has 6 heteroatoms. The third-order valence-corrected chi connectivity index (χ3v) is 6.36. The lowest BCUT2D eigenvalue weighted by atomic mass is 9.85. The molecule has 2 aromatic carbocycles. The topological polar surface area (TPSA) is 50.8 Å². The molecule has 5 nitrogen and oxygen atoms in total. The van der Waals surface area contributed by atoms with Crippen LogP contribution in [0.15, 0.2) is 42.5 Å². The van der Waals surface area contributed by atoms with Crippen molar-refractivity contribution >= 4 is 23.2 Å². The summed E-state index contributed by atoms with van der Waals surface area (Å²) in [5.41, 5.74) is 2.14. The highest BCUT2D eigenvalue weighted by Gasteiger charge is 2.32. The number of hydrogen-bond donors (Lipinski definition) is 1. The Labute approximate surface area is 183 Å². The van der Waals surface area contributed by atoms with Crippen LogP contribution >= 0.6 is 11.6 Å². The molecule has 0 aromatic heterocycles. The van der Waals surface area contributed by atoms with E-state index < -0.39 is 0 Å². The Bertz CT molecular complexity index is 865. The van der Waals surface area contributed by atoms with Crippen LogP contribution < -0.4 is 19.7 Å². The van der Waals surface area contributed by atoms with Gasteiger partial charge in [-0.15, -0.1) is 0 Å². The number of carbonyl (C=O) groups is 1. The number of piperidine rings is 1. The van der Waals surface area contributed by atoms with E-state index in [1.807, 2.05) is 42.2 Å². The van der Waals surface area contributed by atoms with Gasteiger partial charge in [0.15, 0.2) is 11.5 Å². The monoisotopic (exact) mass is 428 g/mol. The Morgan fingerprint density at radius 1 is 1.13 bits per heavy atom. The molecule has 2 aliphatic rings. The van der Waals surface area contributed by atoms with Crippen molar-refractivity contribution in [3.05, 3.63) is 53.1 Å². The quantitative estimate of drug-likeness (QED) is 0.687. The van der Waals surface area contributed by atoms with Crippen LogP contribution in [0.25, 0.3) is 0 Å². The van der Waals surface area contributed by atoms with Crippen LogP contribution in [0, 0.1) is 5.92 Å². The molecule has 160 valence electrons. The Hall–Kier alpha value is -2.24. The Kier molecular flexibility index (Phi) is 6.80. The highest BCUT2D eigenvalue weighted by atomic mass is 35.5. The fourth-order valence-corrected chi connectivity index (χ4v) is 4.62. The molecule has 1 unspecified atom stereocenters. The van der Waals surface area contributed by atoms with Gasteiger partial charge >= 0.3 is 0 Å². The normalized spacial score (nSPS) is 17.0. The number of nitrogens with zero attached hydrogens (tertiary/aromatic N) is 1. The van der Waals surface area contributed by atoms with Gasteiger partial charge < -0.3 is 19.7 Å². The zero-order valence-electron chi connectivity index (χ0n) is 17.4. The molecule has 1 saturated heterocycles. The van der Waals surface area contributed by atoms with Crippen molar-refractivity contribution in [3.63, 3.8) is 0 Å². The second-order valence-corrected chi connectivity index (χ2v) is 8.41. The largest absolute Gasteiger partial charge is 0.454 e. The lowest BCUT2D eigenvalue weighted by Crippen LogP contribution is -2.48. The minimum Gasteiger partial charge on any atom is -0.454 e. The predicted octanol–water partition coefficient (Wildman–Crippen LogP) is 4.81. The molecule has 0 saturated carbocycles. The van der Waals surface area contributed by atoms with Crippen molar-refractivity contribution < 1.29 is 14.3 Å². The lowest BCUT2D eigenvalue weighted by molar-refractivity contribution is -0.119. The van der Waals surface area contributed by atoms with Crippen molar-refractivity contribution in [3.8, 4) is 11.5 Å².